The van der Waals surface area contributed by atoms with Gasteiger partial charge >= 0.3 is 0 Å². The van der Waals surface area contributed by atoms with E-state index in [4.69, 9.17) is 4.74 Å². The first-order valence-corrected chi connectivity index (χ1v) is 8.26. The number of hydrogen-bond acceptors (Lipinski definition) is 3. The molecule has 6 nitrogen and oxygen atoms in total. The molecule has 0 aliphatic rings. The minimum atomic E-state index is -0.0784. The van der Waals surface area contributed by atoms with Crippen molar-refractivity contribution in [3.8, 4) is 17.1 Å². The SMILES string of the molecule is COc1ccc2[nH]cc(CC(=O)Nc3cccc(-c4ncc[nH]4)c3)c2c1. The van der Waals surface area contributed by atoms with E-state index in [9.17, 15) is 4.79 Å². The van der Waals surface area contributed by atoms with Crippen molar-refractivity contribution in [2.45, 2.75) is 6.42 Å². The molecular formula is C20H18N4O2. The fourth-order valence-electron chi connectivity index (χ4n) is 2.98. The van der Waals surface area contributed by atoms with E-state index in [2.05, 4.69) is 20.3 Å². The topological polar surface area (TPSA) is 82.8 Å². The number of methoxy groups -OCH3 is 1. The smallest absolute Gasteiger partial charge is 0.228 e. The van der Waals surface area contributed by atoms with Crippen LogP contribution in [0.5, 0.6) is 5.75 Å². The van der Waals surface area contributed by atoms with Gasteiger partial charge in [-0.25, -0.2) is 4.98 Å². The Kier molecular flexibility index (Phi) is 4.15. The number of H-pyrrole nitrogens is 2. The Balaban J connectivity index is 1.52. The molecular weight excluding hydrogens is 328 g/mol. The lowest BCUT2D eigenvalue weighted by Crippen LogP contribution is -2.14. The minimum Gasteiger partial charge on any atom is -0.497 e. The van der Waals surface area contributed by atoms with Crippen molar-refractivity contribution in [1.29, 1.82) is 0 Å². The first kappa shape index (κ1) is 16.0. The van der Waals surface area contributed by atoms with Gasteiger partial charge in [0.25, 0.3) is 0 Å². The summed E-state index contributed by atoms with van der Waals surface area (Å²) < 4.78 is 5.27. The second kappa shape index (κ2) is 6.76. The number of nitrogens with one attached hydrogen (secondary N) is 3. The number of carbonyl (C=O) groups excluding carboxylic acids is 1. The number of hydrogen-bond donors (Lipinski definition) is 3. The molecule has 0 atom stereocenters. The largest absolute Gasteiger partial charge is 0.497 e. The predicted molar refractivity (Wildman–Crippen MR) is 101 cm³/mol. The van der Waals surface area contributed by atoms with E-state index >= 15 is 0 Å². The van der Waals surface area contributed by atoms with Crippen LogP contribution in [0, 0.1) is 0 Å². The number of rotatable bonds is 5. The van der Waals surface area contributed by atoms with Crippen molar-refractivity contribution in [2.75, 3.05) is 12.4 Å². The molecule has 4 rings (SSSR count). The van der Waals surface area contributed by atoms with Crippen LogP contribution in [0.3, 0.4) is 0 Å². The van der Waals surface area contributed by atoms with Crippen molar-refractivity contribution in [3.63, 3.8) is 0 Å². The molecule has 4 aromatic rings. The second-order valence-electron chi connectivity index (χ2n) is 5.97. The molecule has 0 spiro atoms. The zero-order valence-electron chi connectivity index (χ0n) is 14.2. The van der Waals surface area contributed by atoms with Crippen molar-refractivity contribution in [3.05, 3.63) is 66.6 Å². The molecule has 2 aromatic heterocycles. The summed E-state index contributed by atoms with van der Waals surface area (Å²) in [5.41, 5.74) is 3.57. The van der Waals surface area contributed by atoms with E-state index in [-0.39, 0.29) is 12.3 Å². The van der Waals surface area contributed by atoms with E-state index in [1.54, 1.807) is 19.5 Å². The average Bonchev–Trinajstić information content (AvgIpc) is 3.32. The number of amides is 1. The van der Waals surface area contributed by atoms with Gasteiger partial charge in [-0.05, 0) is 35.9 Å². The summed E-state index contributed by atoms with van der Waals surface area (Å²) in [7, 11) is 1.63. The fraction of sp³-hybridized carbons (Fsp3) is 0.100. The maximum atomic E-state index is 12.5. The third kappa shape index (κ3) is 3.17. The Labute approximate surface area is 150 Å². The molecule has 0 radical (unpaired) electrons. The number of benzene rings is 2. The highest BCUT2D eigenvalue weighted by molar-refractivity contribution is 5.96. The molecule has 130 valence electrons. The third-order valence-corrected chi connectivity index (χ3v) is 4.24. The molecule has 0 bridgehead atoms. The van der Waals surface area contributed by atoms with E-state index < -0.39 is 0 Å². The van der Waals surface area contributed by atoms with E-state index in [0.717, 1.165) is 39.3 Å². The van der Waals surface area contributed by atoms with E-state index in [1.165, 1.54) is 0 Å². The van der Waals surface area contributed by atoms with Gasteiger partial charge in [0.05, 0.1) is 13.5 Å². The first-order valence-electron chi connectivity index (χ1n) is 8.26. The molecule has 2 heterocycles. The standard InChI is InChI=1S/C20H18N4O2/c1-26-16-5-6-18-17(11-16)14(12-23-18)10-19(25)24-15-4-2-3-13(9-15)20-21-7-8-22-20/h2-9,11-12,23H,10H2,1H3,(H,21,22)(H,24,25). The van der Waals surface area contributed by atoms with Crippen LogP contribution in [0.1, 0.15) is 5.56 Å². The van der Waals surface area contributed by atoms with Crippen molar-refractivity contribution in [2.24, 2.45) is 0 Å². The fourth-order valence-corrected chi connectivity index (χ4v) is 2.98. The third-order valence-electron chi connectivity index (χ3n) is 4.24. The van der Waals surface area contributed by atoms with Gasteiger partial charge in [0.2, 0.25) is 5.91 Å². The lowest BCUT2D eigenvalue weighted by atomic mass is 10.1. The molecule has 0 unspecified atom stereocenters. The van der Waals surface area contributed by atoms with Crippen LogP contribution in [0.2, 0.25) is 0 Å². The van der Waals surface area contributed by atoms with Crippen LogP contribution in [-0.2, 0) is 11.2 Å². The lowest BCUT2D eigenvalue weighted by Gasteiger charge is -2.07. The summed E-state index contributed by atoms with van der Waals surface area (Å²) in [6.45, 7) is 0. The summed E-state index contributed by atoms with van der Waals surface area (Å²) in [6.07, 6.45) is 5.61. The van der Waals surface area contributed by atoms with Gasteiger partial charge in [0, 0.05) is 40.7 Å². The zero-order chi connectivity index (χ0) is 17.9. The van der Waals surface area contributed by atoms with Gasteiger partial charge in [-0.2, -0.15) is 0 Å². The van der Waals surface area contributed by atoms with Crippen molar-refractivity contribution in [1.82, 2.24) is 15.0 Å². The van der Waals surface area contributed by atoms with Gasteiger partial charge in [0.15, 0.2) is 0 Å². The number of aromatic amines is 2. The summed E-state index contributed by atoms with van der Waals surface area (Å²) in [5, 5.41) is 3.94. The number of aromatic nitrogens is 3. The van der Waals surface area contributed by atoms with Gasteiger partial charge in [0.1, 0.15) is 11.6 Å². The molecule has 0 aliphatic carbocycles. The van der Waals surface area contributed by atoms with Crippen LogP contribution < -0.4 is 10.1 Å². The van der Waals surface area contributed by atoms with Gasteiger partial charge in [-0.3, -0.25) is 4.79 Å². The monoisotopic (exact) mass is 346 g/mol. The predicted octanol–water partition coefficient (Wildman–Crippen LogP) is 3.75. The first-order chi connectivity index (χ1) is 12.7. The molecule has 0 saturated carbocycles. The molecule has 3 N–H and O–H groups in total. The summed E-state index contributed by atoms with van der Waals surface area (Å²) in [5.74, 6) is 1.46. The molecule has 0 fully saturated rings. The van der Waals surface area contributed by atoms with Crippen LogP contribution in [0.15, 0.2) is 61.1 Å². The van der Waals surface area contributed by atoms with Crippen LogP contribution in [-0.4, -0.2) is 28.0 Å². The second-order valence-corrected chi connectivity index (χ2v) is 5.97. The van der Waals surface area contributed by atoms with Gasteiger partial charge in [-0.15, -0.1) is 0 Å². The van der Waals surface area contributed by atoms with Gasteiger partial charge in [-0.1, -0.05) is 12.1 Å². The quantitative estimate of drug-likeness (QED) is 0.515. The normalized spacial score (nSPS) is 10.8. The summed E-state index contributed by atoms with van der Waals surface area (Å²) in [4.78, 5) is 23.0. The van der Waals surface area contributed by atoms with E-state index in [1.807, 2.05) is 48.7 Å². The Hall–Kier alpha value is -3.54. The van der Waals surface area contributed by atoms with Crippen molar-refractivity contribution >= 4 is 22.5 Å². The average molecular weight is 346 g/mol. The number of imidazole rings is 1. The molecule has 1 amide bonds. The molecule has 6 heteroatoms. The molecule has 0 aliphatic heterocycles. The zero-order valence-corrected chi connectivity index (χ0v) is 14.2. The molecule has 26 heavy (non-hydrogen) atoms. The maximum Gasteiger partial charge on any atom is 0.228 e. The highest BCUT2D eigenvalue weighted by atomic mass is 16.5. The number of fused-ring (bicyclic) bond motifs is 1. The lowest BCUT2D eigenvalue weighted by molar-refractivity contribution is -0.115. The highest BCUT2D eigenvalue weighted by Crippen LogP contribution is 2.24. The highest BCUT2D eigenvalue weighted by Gasteiger charge is 2.11. The minimum absolute atomic E-state index is 0.0784. The molecule has 0 saturated heterocycles. The van der Waals surface area contributed by atoms with Crippen molar-refractivity contribution < 1.29 is 9.53 Å². The Morgan fingerprint density at radius 2 is 2.12 bits per heavy atom. The number of ether oxygens (including phenoxy) is 1. The molecule has 2 aromatic carbocycles. The van der Waals surface area contributed by atoms with Crippen LogP contribution in [0.25, 0.3) is 22.3 Å². The Morgan fingerprint density at radius 1 is 1.19 bits per heavy atom. The number of carbonyl (C=O) groups is 1. The number of nitrogens with zero attached hydrogens (tertiary/aromatic N) is 1. The maximum absolute atomic E-state index is 12.5. The summed E-state index contributed by atoms with van der Waals surface area (Å²) in [6, 6.07) is 13.4. The van der Waals surface area contributed by atoms with Crippen LogP contribution in [0.4, 0.5) is 5.69 Å². The van der Waals surface area contributed by atoms with E-state index in [0.29, 0.717) is 0 Å². The Morgan fingerprint density at radius 3 is 2.92 bits per heavy atom. The number of anilines is 1. The van der Waals surface area contributed by atoms with Gasteiger partial charge < -0.3 is 20.0 Å². The Bertz CT molecular complexity index is 1050. The van der Waals surface area contributed by atoms with Crippen LogP contribution >= 0.6 is 0 Å². The summed E-state index contributed by atoms with van der Waals surface area (Å²) >= 11 is 0.